The maximum Gasteiger partial charge on any atom is 0.107 e. The minimum atomic E-state index is -1.30. The second-order valence-electron chi connectivity index (χ2n) is 6.18. The second kappa shape index (κ2) is 4.77. The molecule has 1 aromatic heterocycles. The number of benzene rings is 1. The van der Waals surface area contributed by atoms with Crippen molar-refractivity contribution in [3.05, 3.63) is 53.0 Å². The van der Waals surface area contributed by atoms with Gasteiger partial charge >= 0.3 is 0 Å². The monoisotopic (exact) mass is 258 g/mol. The van der Waals surface area contributed by atoms with E-state index in [0.717, 1.165) is 12.2 Å². The van der Waals surface area contributed by atoms with Gasteiger partial charge in [0.25, 0.3) is 0 Å². The fraction of sp³-hybridized carbons (Fsp3) is 0.375. The molecule has 0 N–H and O–H groups in total. The summed E-state index contributed by atoms with van der Waals surface area (Å²) in [5.41, 5.74) is 4.00. The van der Waals surface area contributed by atoms with Gasteiger partial charge in [0, 0.05) is 6.42 Å². The highest BCUT2D eigenvalue weighted by molar-refractivity contribution is 6.89. The van der Waals surface area contributed by atoms with Gasteiger partial charge in [-0.3, -0.25) is 0 Å². The third-order valence-electron chi connectivity index (χ3n) is 3.20. The molecule has 0 saturated heterocycles. The molecule has 0 atom stereocenters. The third-order valence-corrected chi connectivity index (χ3v) is 5.26. The topological polar surface area (TPSA) is 13.1 Å². The Morgan fingerprint density at radius 1 is 1.00 bits per heavy atom. The summed E-state index contributed by atoms with van der Waals surface area (Å²) in [5, 5.41) is 1.45. The van der Waals surface area contributed by atoms with Crippen LogP contribution in [0.1, 0.15) is 22.5 Å². The highest BCUT2D eigenvalue weighted by Crippen LogP contribution is 2.16. The second-order valence-corrected chi connectivity index (χ2v) is 11.2. The molecule has 0 amide bonds. The summed E-state index contributed by atoms with van der Waals surface area (Å²) in [6.45, 7) is 11.4. The molecule has 2 rings (SSSR count). The normalized spacial score (nSPS) is 11.8. The Bertz CT molecular complexity index is 526. The summed E-state index contributed by atoms with van der Waals surface area (Å²) in [4.78, 5) is 0. The zero-order chi connectivity index (χ0) is 13.3. The first kappa shape index (κ1) is 13.2. The Morgan fingerprint density at radius 2 is 1.61 bits per heavy atom. The lowest BCUT2D eigenvalue weighted by molar-refractivity contribution is 0.523. The lowest BCUT2D eigenvalue weighted by atomic mass is 10.0. The molecule has 2 aromatic rings. The Morgan fingerprint density at radius 3 is 2.17 bits per heavy atom. The molecule has 96 valence electrons. The van der Waals surface area contributed by atoms with E-state index >= 15 is 0 Å². The van der Waals surface area contributed by atoms with Gasteiger partial charge in [-0.25, -0.2) is 0 Å². The maximum absolute atomic E-state index is 5.71. The Labute approximate surface area is 111 Å². The molecule has 0 aliphatic heterocycles. The highest BCUT2D eigenvalue weighted by atomic mass is 28.3. The van der Waals surface area contributed by atoms with Crippen LogP contribution in [-0.4, -0.2) is 8.07 Å². The SMILES string of the molecule is Cc1cc(C)cc(Cc2occc2[Si](C)(C)C)c1. The lowest BCUT2D eigenvalue weighted by Crippen LogP contribution is -2.38. The zero-order valence-corrected chi connectivity index (χ0v) is 13.0. The van der Waals surface area contributed by atoms with E-state index in [1.807, 2.05) is 6.26 Å². The Kier molecular flexibility index (Phi) is 3.49. The van der Waals surface area contributed by atoms with E-state index < -0.39 is 8.07 Å². The summed E-state index contributed by atoms with van der Waals surface area (Å²) >= 11 is 0. The molecular formula is C16H22OSi. The van der Waals surface area contributed by atoms with Gasteiger partial charge in [0.05, 0.1) is 14.3 Å². The van der Waals surface area contributed by atoms with Crippen LogP contribution < -0.4 is 5.19 Å². The van der Waals surface area contributed by atoms with E-state index in [1.54, 1.807) is 0 Å². The number of rotatable bonds is 3. The van der Waals surface area contributed by atoms with E-state index in [9.17, 15) is 0 Å². The zero-order valence-electron chi connectivity index (χ0n) is 12.0. The van der Waals surface area contributed by atoms with E-state index in [-0.39, 0.29) is 0 Å². The average molecular weight is 258 g/mol. The number of aryl methyl sites for hydroxylation is 2. The molecule has 0 radical (unpaired) electrons. The van der Waals surface area contributed by atoms with Crippen molar-refractivity contribution in [1.82, 2.24) is 0 Å². The Balaban J connectivity index is 2.32. The van der Waals surface area contributed by atoms with Crippen molar-refractivity contribution in [1.29, 1.82) is 0 Å². The maximum atomic E-state index is 5.71. The van der Waals surface area contributed by atoms with Crippen molar-refractivity contribution >= 4 is 13.3 Å². The van der Waals surface area contributed by atoms with Crippen molar-refractivity contribution in [2.75, 3.05) is 0 Å². The molecule has 0 saturated carbocycles. The largest absolute Gasteiger partial charge is 0.469 e. The average Bonchev–Trinajstić information content (AvgIpc) is 2.63. The van der Waals surface area contributed by atoms with Crippen molar-refractivity contribution in [2.24, 2.45) is 0 Å². The molecule has 0 spiro atoms. The summed E-state index contributed by atoms with van der Waals surface area (Å²) in [7, 11) is -1.30. The minimum absolute atomic E-state index is 0.912. The van der Waals surface area contributed by atoms with Crippen LogP contribution in [0.2, 0.25) is 19.6 Å². The predicted octanol–water partition coefficient (Wildman–Crippen LogP) is 4.03. The van der Waals surface area contributed by atoms with Crippen molar-refractivity contribution < 1.29 is 4.42 Å². The van der Waals surface area contributed by atoms with Crippen LogP contribution in [0, 0.1) is 13.8 Å². The van der Waals surface area contributed by atoms with Crippen LogP contribution in [-0.2, 0) is 6.42 Å². The fourth-order valence-corrected chi connectivity index (χ4v) is 4.05. The van der Waals surface area contributed by atoms with Gasteiger partial charge in [0.1, 0.15) is 5.76 Å². The first-order valence-corrected chi connectivity index (χ1v) is 10.0. The summed E-state index contributed by atoms with van der Waals surface area (Å²) < 4.78 is 5.71. The standard InChI is InChI=1S/C16H22OSi/c1-12-8-13(2)10-14(9-12)11-15-16(6-7-17-15)18(3,4)5/h6-10H,11H2,1-5H3. The van der Waals surface area contributed by atoms with Gasteiger partial charge in [-0.15, -0.1) is 0 Å². The summed E-state index contributed by atoms with van der Waals surface area (Å²) in [5.74, 6) is 1.15. The van der Waals surface area contributed by atoms with Gasteiger partial charge < -0.3 is 4.42 Å². The molecule has 0 bridgehead atoms. The summed E-state index contributed by atoms with van der Waals surface area (Å²) in [6, 6.07) is 8.88. The smallest absolute Gasteiger partial charge is 0.107 e. The molecule has 0 aliphatic carbocycles. The molecule has 0 aliphatic rings. The van der Waals surface area contributed by atoms with E-state index in [1.165, 1.54) is 21.9 Å². The first-order chi connectivity index (χ1) is 8.36. The number of hydrogen-bond acceptors (Lipinski definition) is 1. The third kappa shape index (κ3) is 2.93. The minimum Gasteiger partial charge on any atom is -0.469 e. The van der Waals surface area contributed by atoms with Crippen LogP contribution in [0.5, 0.6) is 0 Å². The molecule has 0 fully saturated rings. The van der Waals surface area contributed by atoms with Crippen LogP contribution >= 0.6 is 0 Å². The van der Waals surface area contributed by atoms with Crippen LogP contribution in [0.4, 0.5) is 0 Å². The van der Waals surface area contributed by atoms with Gasteiger partial charge in [0.15, 0.2) is 0 Å². The number of hydrogen-bond donors (Lipinski definition) is 0. The lowest BCUT2D eigenvalue weighted by Gasteiger charge is -2.16. The quantitative estimate of drug-likeness (QED) is 0.758. The molecular weight excluding hydrogens is 236 g/mol. The van der Waals surface area contributed by atoms with Crippen molar-refractivity contribution in [3.8, 4) is 0 Å². The van der Waals surface area contributed by atoms with E-state index in [0.29, 0.717) is 0 Å². The van der Waals surface area contributed by atoms with E-state index in [4.69, 9.17) is 4.42 Å². The van der Waals surface area contributed by atoms with Crippen LogP contribution in [0.15, 0.2) is 34.9 Å². The highest BCUT2D eigenvalue weighted by Gasteiger charge is 2.22. The molecule has 0 unspecified atom stereocenters. The fourth-order valence-electron chi connectivity index (χ4n) is 2.50. The molecule has 2 heteroatoms. The number of furan rings is 1. The van der Waals surface area contributed by atoms with E-state index in [2.05, 4.69) is 57.8 Å². The molecule has 18 heavy (non-hydrogen) atoms. The van der Waals surface area contributed by atoms with Crippen molar-refractivity contribution in [2.45, 2.75) is 39.9 Å². The predicted molar refractivity (Wildman–Crippen MR) is 80.4 cm³/mol. The van der Waals surface area contributed by atoms with Gasteiger partial charge in [-0.2, -0.15) is 0 Å². The Hall–Kier alpha value is -1.28. The van der Waals surface area contributed by atoms with Gasteiger partial charge in [-0.1, -0.05) is 49.0 Å². The first-order valence-electron chi connectivity index (χ1n) is 6.50. The van der Waals surface area contributed by atoms with Gasteiger partial charge in [-0.05, 0) is 30.7 Å². The summed E-state index contributed by atoms with van der Waals surface area (Å²) in [6.07, 6.45) is 2.75. The molecule has 1 heterocycles. The van der Waals surface area contributed by atoms with Gasteiger partial charge in [0.2, 0.25) is 0 Å². The van der Waals surface area contributed by atoms with Crippen LogP contribution in [0.3, 0.4) is 0 Å². The van der Waals surface area contributed by atoms with Crippen molar-refractivity contribution in [3.63, 3.8) is 0 Å². The van der Waals surface area contributed by atoms with Crippen LogP contribution in [0.25, 0.3) is 0 Å². The molecule has 1 aromatic carbocycles. The molecule has 1 nitrogen and oxygen atoms in total.